The van der Waals surface area contributed by atoms with Crippen molar-refractivity contribution in [1.82, 2.24) is 0 Å². The molecule has 0 radical (unpaired) electrons. The van der Waals surface area contributed by atoms with Gasteiger partial charge in [0.2, 0.25) is 0 Å². The largest absolute Gasteiger partial charge is 0.394 e. The van der Waals surface area contributed by atoms with Crippen LogP contribution in [0.1, 0.15) is 21.9 Å². The highest BCUT2D eigenvalue weighted by Gasteiger charge is 1.89. The Kier molecular flexibility index (Phi) is 2.09. The predicted molar refractivity (Wildman–Crippen MR) is 46.6 cm³/mol. The zero-order valence-corrected chi connectivity index (χ0v) is 6.12. The molecule has 0 saturated carbocycles. The zero-order valence-electron chi connectivity index (χ0n) is 22.1. The number of ether oxygens (including phenoxy) is 3. The third-order valence-electron chi connectivity index (χ3n) is 0.481. The summed E-state index contributed by atoms with van der Waals surface area (Å²) in [5, 5.41) is 18.0. The summed E-state index contributed by atoms with van der Waals surface area (Å²) < 4.78 is 126. The van der Waals surface area contributed by atoms with E-state index in [9.17, 15) is 0 Å². The van der Waals surface area contributed by atoms with Crippen LogP contribution in [0.15, 0.2) is 0 Å². The summed E-state index contributed by atoms with van der Waals surface area (Å²) in [6.45, 7) is -31.8. The summed E-state index contributed by atoms with van der Waals surface area (Å²) in [5.74, 6) is 0. The van der Waals surface area contributed by atoms with E-state index in [1.807, 2.05) is 0 Å². The van der Waals surface area contributed by atoms with E-state index in [4.69, 9.17) is 32.1 Å². The van der Waals surface area contributed by atoms with E-state index >= 15 is 0 Å². The van der Waals surface area contributed by atoms with Crippen molar-refractivity contribution in [2.24, 2.45) is 0 Å². The average molecular weight is 210 g/mol. The maximum Gasteiger partial charge on any atom is 0.0701 e. The Morgan fingerprint density at radius 1 is 0.692 bits per heavy atom. The summed E-state index contributed by atoms with van der Waals surface area (Å²) in [5.41, 5.74) is 0. The van der Waals surface area contributed by atoms with Gasteiger partial charge in [0.15, 0.2) is 0 Å². The lowest BCUT2D eigenvalue weighted by Crippen LogP contribution is -2.11. The predicted octanol–water partition coefficient (Wildman–Crippen LogP) is -0.979. The number of hydrogen-bond acceptors (Lipinski definition) is 5. The van der Waals surface area contributed by atoms with Crippen molar-refractivity contribution in [1.29, 1.82) is 0 Å². The number of hydrogen-bond donors (Lipinski definition) is 2. The van der Waals surface area contributed by atoms with Gasteiger partial charge in [-0.05, 0) is 0 Å². The van der Waals surface area contributed by atoms with Gasteiger partial charge < -0.3 is 24.4 Å². The quantitative estimate of drug-likeness (QED) is 0.485. The molecule has 0 spiro atoms. The summed E-state index contributed by atoms with van der Waals surface area (Å²) in [6, 6.07) is 0. The highest BCUT2D eigenvalue weighted by molar-refractivity contribution is 4.33. The highest BCUT2D eigenvalue weighted by Crippen LogP contribution is 1.80. The Labute approximate surface area is 101 Å². The van der Waals surface area contributed by atoms with Crippen LogP contribution in [0.4, 0.5) is 0 Å². The van der Waals surface area contributed by atoms with Crippen molar-refractivity contribution in [2.75, 3.05) is 52.5 Å². The highest BCUT2D eigenvalue weighted by atomic mass is 16.5. The Morgan fingerprint density at radius 2 is 1.00 bits per heavy atom. The zero-order chi connectivity index (χ0) is 24.1. The van der Waals surface area contributed by atoms with Gasteiger partial charge in [-0.15, -0.1) is 0 Å². The lowest BCUT2D eigenvalue weighted by atomic mass is 10.7. The Hall–Kier alpha value is -0.200. The number of aliphatic hydroxyl groups is 2. The third kappa shape index (κ3) is 11.8. The molecular formula is C8H18O5. The normalized spacial score (nSPS) is 37.7. The van der Waals surface area contributed by atoms with Crippen LogP contribution in [0.3, 0.4) is 0 Å². The summed E-state index contributed by atoms with van der Waals surface area (Å²) in [4.78, 5) is 0. The Bertz CT molecular complexity index is 527. The SMILES string of the molecule is [2H]C([2H])(O)C([2H])([2H])OC([2H])([2H])C([2H])([2H])OC([2H])([2H])C([2H])([2H])OC([2H])([2H])C([2H])([2H])O. The Morgan fingerprint density at radius 3 is 1.31 bits per heavy atom. The van der Waals surface area contributed by atoms with E-state index in [-0.39, 0.29) is 0 Å². The molecule has 0 fully saturated rings. The molecule has 13 heavy (non-hydrogen) atoms. The van der Waals surface area contributed by atoms with E-state index in [1.165, 1.54) is 0 Å². The van der Waals surface area contributed by atoms with Gasteiger partial charge in [0.05, 0.1) is 74.4 Å². The average Bonchev–Trinajstić information content (AvgIpc) is 2.30. The van der Waals surface area contributed by atoms with E-state index in [0.717, 1.165) is 0 Å². The van der Waals surface area contributed by atoms with Gasteiger partial charge in [0.25, 0.3) is 0 Å². The molecule has 5 nitrogen and oxygen atoms in total. The second-order valence-electron chi connectivity index (χ2n) is 1.14. The van der Waals surface area contributed by atoms with Crippen molar-refractivity contribution in [2.45, 2.75) is 0 Å². The molecule has 5 heteroatoms. The van der Waals surface area contributed by atoms with Crippen LogP contribution < -0.4 is 0 Å². The first-order chi connectivity index (χ1) is 12.1. The maximum absolute atomic E-state index is 8.99. The van der Waals surface area contributed by atoms with Gasteiger partial charge in [0, 0.05) is 0 Å². The summed E-state index contributed by atoms with van der Waals surface area (Å²) in [7, 11) is 0. The Balaban J connectivity index is 5.78. The van der Waals surface area contributed by atoms with Crippen LogP contribution in [0.2, 0.25) is 0 Å². The van der Waals surface area contributed by atoms with Gasteiger partial charge in [-0.2, -0.15) is 0 Å². The van der Waals surface area contributed by atoms with Gasteiger partial charge >= 0.3 is 0 Å². The van der Waals surface area contributed by atoms with E-state index in [2.05, 4.69) is 14.2 Å². The second-order valence-corrected chi connectivity index (χ2v) is 1.14. The molecule has 0 saturated heterocycles. The van der Waals surface area contributed by atoms with Crippen molar-refractivity contribution >= 4 is 0 Å². The van der Waals surface area contributed by atoms with Crippen molar-refractivity contribution in [3.8, 4) is 0 Å². The fraction of sp³-hybridized carbons (Fsp3) is 1.00. The molecule has 0 aliphatic rings. The van der Waals surface area contributed by atoms with Crippen molar-refractivity contribution in [3.63, 3.8) is 0 Å². The van der Waals surface area contributed by atoms with Crippen molar-refractivity contribution < 1.29 is 46.4 Å². The molecule has 0 aromatic heterocycles. The minimum atomic E-state index is -4.11. The second kappa shape index (κ2) is 11.8. The molecule has 0 aromatic rings. The third-order valence-corrected chi connectivity index (χ3v) is 0.481. The molecule has 0 amide bonds. The van der Waals surface area contributed by atoms with Gasteiger partial charge in [-0.25, -0.2) is 0 Å². The van der Waals surface area contributed by atoms with Crippen LogP contribution in [0, 0.1) is 0 Å². The molecule has 0 bridgehead atoms. The monoisotopic (exact) mass is 210 g/mol. The van der Waals surface area contributed by atoms with Gasteiger partial charge in [-0.1, -0.05) is 0 Å². The standard InChI is InChI=1S/C8H18O5/c9-1-3-11-5-7-13-8-6-12-4-2-10/h9-10H,1-8H2/i1D2,2D2,3D2,4D2,5D2,6D2,7D2,8D2. The number of rotatable bonds is 10. The molecule has 0 aliphatic carbocycles. The summed E-state index contributed by atoms with van der Waals surface area (Å²) in [6.07, 6.45) is 0. The summed E-state index contributed by atoms with van der Waals surface area (Å²) >= 11 is 0. The maximum atomic E-state index is 8.99. The van der Waals surface area contributed by atoms with Crippen LogP contribution in [0.25, 0.3) is 0 Å². The minimum absolute atomic E-state index is 3.85. The minimum Gasteiger partial charge on any atom is -0.394 e. The van der Waals surface area contributed by atoms with E-state index in [0.29, 0.717) is 0 Å². The van der Waals surface area contributed by atoms with Crippen LogP contribution in [-0.4, -0.2) is 62.7 Å². The van der Waals surface area contributed by atoms with E-state index < -0.39 is 52.5 Å². The van der Waals surface area contributed by atoms with Gasteiger partial charge in [0.1, 0.15) is 0 Å². The first kappa shape index (κ1) is 2.31. The molecule has 0 rings (SSSR count). The van der Waals surface area contributed by atoms with Crippen LogP contribution in [-0.2, 0) is 14.2 Å². The molecule has 0 atom stereocenters. The van der Waals surface area contributed by atoms with Gasteiger partial charge in [-0.3, -0.25) is 0 Å². The van der Waals surface area contributed by atoms with E-state index in [1.54, 1.807) is 0 Å². The molecule has 0 aliphatic heterocycles. The molecule has 0 aromatic carbocycles. The molecule has 0 heterocycles. The first-order valence-corrected chi connectivity index (χ1v) is 2.67. The fourth-order valence-corrected chi connectivity index (χ4v) is 0.206. The van der Waals surface area contributed by atoms with Crippen LogP contribution >= 0.6 is 0 Å². The molecule has 2 N–H and O–H groups in total. The lowest BCUT2D eigenvalue weighted by molar-refractivity contribution is 0.00230. The topological polar surface area (TPSA) is 68.2 Å². The molecular weight excluding hydrogens is 176 g/mol. The van der Waals surface area contributed by atoms with Crippen LogP contribution in [0.5, 0.6) is 0 Å². The molecule has 0 unspecified atom stereocenters. The lowest BCUT2D eigenvalue weighted by Gasteiger charge is -2.04. The first-order valence-electron chi connectivity index (χ1n) is 10.7. The molecule has 80 valence electrons. The van der Waals surface area contributed by atoms with Crippen molar-refractivity contribution in [3.05, 3.63) is 0 Å². The fourth-order valence-electron chi connectivity index (χ4n) is 0.206. The smallest absolute Gasteiger partial charge is 0.0701 e.